The van der Waals surface area contributed by atoms with Gasteiger partial charge in [-0.2, -0.15) is 0 Å². The Morgan fingerprint density at radius 1 is 1.22 bits per heavy atom. The van der Waals surface area contributed by atoms with Gasteiger partial charge in [-0.05, 0) is 41.5 Å². The number of cyclic esters (lactones) is 1. The minimum atomic E-state index is -0.530. The standard InChI is InChI=1S/C18H14FNO3/c1-22-15-7-5-12(6-8-15)11-17-20-16(18(21)23-17)10-13-3-2-4-14(19)9-13/h2-10H,11H2,1H3/b16-10+. The molecule has 5 heteroatoms. The lowest BCUT2D eigenvalue weighted by molar-refractivity contribution is -0.130. The number of hydrogen-bond acceptors (Lipinski definition) is 4. The van der Waals surface area contributed by atoms with E-state index in [9.17, 15) is 9.18 Å². The van der Waals surface area contributed by atoms with E-state index in [0.29, 0.717) is 17.9 Å². The van der Waals surface area contributed by atoms with Crippen molar-refractivity contribution in [3.63, 3.8) is 0 Å². The van der Waals surface area contributed by atoms with E-state index >= 15 is 0 Å². The van der Waals surface area contributed by atoms with Crippen LogP contribution < -0.4 is 4.74 Å². The van der Waals surface area contributed by atoms with Gasteiger partial charge < -0.3 is 9.47 Å². The second kappa shape index (κ2) is 6.44. The Balaban J connectivity index is 1.78. The normalized spacial score (nSPS) is 15.5. The monoisotopic (exact) mass is 311 g/mol. The Bertz CT molecular complexity index is 794. The number of hydrogen-bond donors (Lipinski definition) is 0. The van der Waals surface area contributed by atoms with Crippen molar-refractivity contribution in [2.24, 2.45) is 4.99 Å². The van der Waals surface area contributed by atoms with Gasteiger partial charge in [-0.25, -0.2) is 14.2 Å². The van der Waals surface area contributed by atoms with Crippen LogP contribution in [0.2, 0.25) is 0 Å². The smallest absolute Gasteiger partial charge is 0.363 e. The summed E-state index contributed by atoms with van der Waals surface area (Å²) in [7, 11) is 1.60. The Hall–Kier alpha value is -2.95. The minimum absolute atomic E-state index is 0.166. The summed E-state index contributed by atoms with van der Waals surface area (Å²) in [5.74, 6) is 0.180. The lowest BCUT2D eigenvalue weighted by Crippen LogP contribution is -2.06. The maximum Gasteiger partial charge on any atom is 0.363 e. The van der Waals surface area contributed by atoms with E-state index in [0.717, 1.165) is 11.3 Å². The van der Waals surface area contributed by atoms with Crippen LogP contribution >= 0.6 is 0 Å². The van der Waals surface area contributed by atoms with Crippen LogP contribution in [0.15, 0.2) is 59.2 Å². The van der Waals surface area contributed by atoms with E-state index in [4.69, 9.17) is 9.47 Å². The summed E-state index contributed by atoms with van der Waals surface area (Å²) >= 11 is 0. The minimum Gasteiger partial charge on any atom is -0.497 e. The summed E-state index contributed by atoms with van der Waals surface area (Å²) in [4.78, 5) is 16.0. The largest absolute Gasteiger partial charge is 0.497 e. The third-order valence-electron chi connectivity index (χ3n) is 3.33. The van der Waals surface area contributed by atoms with Gasteiger partial charge in [-0.3, -0.25) is 0 Å². The Morgan fingerprint density at radius 3 is 2.70 bits per heavy atom. The summed E-state index contributed by atoms with van der Waals surface area (Å²) in [5.41, 5.74) is 1.68. The number of carbonyl (C=O) groups excluding carboxylic acids is 1. The van der Waals surface area contributed by atoms with Gasteiger partial charge in [-0.1, -0.05) is 24.3 Å². The summed E-state index contributed by atoms with van der Waals surface area (Å²) in [6.45, 7) is 0. The molecule has 0 fully saturated rings. The molecule has 0 amide bonds. The molecule has 0 aromatic heterocycles. The lowest BCUT2D eigenvalue weighted by atomic mass is 10.1. The highest BCUT2D eigenvalue weighted by atomic mass is 19.1. The maximum absolute atomic E-state index is 13.2. The van der Waals surface area contributed by atoms with Crippen LogP contribution in [0.1, 0.15) is 11.1 Å². The molecular weight excluding hydrogens is 297 g/mol. The first-order valence-electron chi connectivity index (χ1n) is 7.04. The third-order valence-corrected chi connectivity index (χ3v) is 3.33. The molecular formula is C18H14FNO3. The molecule has 23 heavy (non-hydrogen) atoms. The highest BCUT2D eigenvalue weighted by Crippen LogP contribution is 2.19. The molecule has 0 radical (unpaired) electrons. The summed E-state index contributed by atoms with van der Waals surface area (Å²) in [6, 6.07) is 13.4. The predicted molar refractivity (Wildman–Crippen MR) is 84.6 cm³/mol. The highest BCUT2D eigenvalue weighted by molar-refractivity contribution is 6.07. The molecule has 1 aliphatic rings. The molecule has 0 aliphatic carbocycles. The molecule has 0 unspecified atom stereocenters. The van der Waals surface area contributed by atoms with Gasteiger partial charge in [0.2, 0.25) is 5.90 Å². The molecule has 4 nitrogen and oxygen atoms in total. The van der Waals surface area contributed by atoms with E-state index in [1.54, 1.807) is 19.2 Å². The predicted octanol–water partition coefficient (Wildman–Crippen LogP) is 3.37. The molecule has 1 aliphatic heterocycles. The molecule has 2 aromatic carbocycles. The van der Waals surface area contributed by atoms with E-state index in [-0.39, 0.29) is 11.5 Å². The number of carbonyl (C=O) groups is 1. The van der Waals surface area contributed by atoms with Gasteiger partial charge in [0.25, 0.3) is 0 Å². The number of nitrogens with zero attached hydrogens (tertiary/aromatic N) is 1. The fourth-order valence-corrected chi connectivity index (χ4v) is 2.20. The zero-order chi connectivity index (χ0) is 16.2. The first-order valence-corrected chi connectivity index (χ1v) is 7.04. The van der Waals surface area contributed by atoms with Crippen LogP contribution in [-0.4, -0.2) is 19.0 Å². The fraction of sp³-hybridized carbons (Fsp3) is 0.111. The molecule has 116 valence electrons. The van der Waals surface area contributed by atoms with Gasteiger partial charge in [-0.15, -0.1) is 0 Å². The van der Waals surface area contributed by atoms with Crippen molar-refractivity contribution in [2.75, 3.05) is 7.11 Å². The van der Waals surface area contributed by atoms with Crippen molar-refractivity contribution in [1.82, 2.24) is 0 Å². The van der Waals surface area contributed by atoms with Gasteiger partial charge in [0, 0.05) is 6.42 Å². The van der Waals surface area contributed by atoms with E-state index < -0.39 is 5.97 Å². The summed E-state index contributed by atoms with van der Waals surface area (Å²) in [6.07, 6.45) is 1.91. The van der Waals surface area contributed by atoms with Gasteiger partial charge in [0.05, 0.1) is 7.11 Å². The van der Waals surface area contributed by atoms with Crippen molar-refractivity contribution in [2.45, 2.75) is 6.42 Å². The number of rotatable bonds is 4. The third kappa shape index (κ3) is 3.63. The van der Waals surface area contributed by atoms with Crippen LogP contribution in [0.4, 0.5) is 4.39 Å². The molecule has 0 N–H and O–H groups in total. The fourth-order valence-electron chi connectivity index (χ4n) is 2.20. The number of esters is 1. The number of methoxy groups -OCH3 is 1. The van der Waals surface area contributed by atoms with Crippen LogP contribution in [-0.2, 0) is 16.0 Å². The average Bonchev–Trinajstić information content (AvgIpc) is 2.87. The lowest BCUT2D eigenvalue weighted by Gasteiger charge is -2.02. The average molecular weight is 311 g/mol. The molecule has 3 rings (SSSR count). The van der Waals surface area contributed by atoms with Crippen LogP contribution in [0.3, 0.4) is 0 Å². The van der Waals surface area contributed by atoms with Crippen LogP contribution in [0.25, 0.3) is 6.08 Å². The number of halogens is 1. The van der Waals surface area contributed by atoms with E-state index in [1.807, 2.05) is 24.3 Å². The first-order chi connectivity index (χ1) is 11.1. The molecule has 2 aromatic rings. The number of aliphatic imine (C=N–C) groups is 1. The van der Waals surface area contributed by atoms with Crippen molar-refractivity contribution in [3.05, 3.63) is 71.2 Å². The topological polar surface area (TPSA) is 47.9 Å². The first kappa shape index (κ1) is 15.0. The van der Waals surface area contributed by atoms with E-state index in [1.165, 1.54) is 18.2 Å². The molecule has 0 bridgehead atoms. The zero-order valence-electron chi connectivity index (χ0n) is 12.5. The van der Waals surface area contributed by atoms with Gasteiger partial charge in [0.1, 0.15) is 11.6 Å². The molecule has 1 heterocycles. The second-order valence-electron chi connectivity index (χ2n) is 5.00. The van der Waals surface area contributed by atoms with Crippen molar-refractivity contribution in [3.8, 4) is 5.75 Å². The Morgan fingerprint density at radius 2 is 2.00 bits per heavy atom. The van der Waals surface area contributed by atoms with Crippen molar-refractivity contribution < 1.29 is 18.7 Å². The Labute approximate surface area is 132 Å². The van der Waals surface area contributed by atoms with Crippen molar-refractivity contribution >= 4 is 17.9 Å². The highest BCUT2D eigenvalue weighted by Gasteiger charge is 2.22. The molecule has 0 saturated carbocycles. The number of benzene rings is 2. The van der Waals surface area contributed by atoms with Crippen LogP contribution in [0.5, 0.6) is 5.75 Å². The molecule has 0 atom stereocenters. The maximum atomic E-state index is 13.2. The zero-order valence-corrected chi connectivity index (χ0v) is 12.5. The summed E-state index contributed by atoms with van der Waals surface area (Å²) in [5, 5.41) is 0. The second-order valence-corrected chi connectivity index (χ2v) is 5.00. The van der Waals surface area contributed by atoms with Gasteiger partial charge >= 0.3 is 5.97 Å². The molecule has 0 spiro atoms. The number of ether oxygens (including phenoxy) is 2. The molecule has 0 saturated heterocycles. The SMILES string of the molecule is COc1ccc(CC2=N/C(=C/c3cccc(F)c3)C(=O)O2)cc1. The van der Waals surface area contributed by atoms with E-state index in [2.05, 4.69) is 4.99 Å². The Kier molecular flexibility index (Phi) is 4.19. The summed E-state index contributed by atoms with van der Waals surface area (Å²) < 4.78 is 23.4. The van der Waals surface area contributed by atoms with Gasteiger partial charge in [0.15, 0.2) is 5.70 Å². The quantitative estimate of drug-likeness (QED) is 0.642. The van der Waals surface area contributed by atoms with Crippen molar-refractivity contribution in [1.29, 1.82) is 0 Å². The van der Waals surface area contributed by atoms with Crippen LogP contribution in [0, 0.1) is 5.82 Å².